The normalized spacial score (nSPS) is 23.9. The molecule has 0 aromatic carbocycles. The molecular weight excluding hydrogens is 268 g/mol. The second-order valence-corrected chi connectivity index (χ2v) is 6.09. The van der Waals surface area contributed by atoms with Crippen LogP contribution in [0.3, 0.4) is 0 Å². The van der Waals surface area contributed by atoms with E-state index in [4.69, 9.17) is 10.2 Å². The number of aliphatic hydroxyl groups is 1. The molecule has 6 nitrogen and oxygen atoms in total. The number of aliphatic carboxylic acids is 1. The first-order valence-electron chi connectivity index (χ1n) is 6.61. The molecule has 3 atom stereocenters. The summed E-state index contributed by atoms with van der Waals surface area (Å²) in [5, 5.41) is 23.5. The van der Waals surface area contributed by atoms with Crippen molar-refractivity contribution in [2.24, 2.45) is 0 Å². The standard InChI is InChI=1S/C12H22N2O4S/c1-2-19-10-5-3-4-8(10)14-12(18)13-7-6-9(15)11(16)17/h8-10,15H,2-7H2,1H3,(H,16,17)(H2,13,14,18)/t8?,9-,10?/m0/s1. The summed E-state index contributed by atoms with van der Waals surface area (Å²) in [7, 11) is 0. The molecule has 110 valence electrons. The number of thioether (sulfide) groups is 1. The average Bonchev–Trinajstić information content (AvgIpc) is 2.77. The summed E-state index contributed by atoms with van der Waals surface area (Å²) in [5.74, 6) is -0.229. The summed E-state index contributed by atoms with van der Waals surface area (Å²) in [4.78, 5) is 22.0. The Labute approximate surface area is 117 Å². The van der Waals surface area contributed by atoms with Crippen molar-refractivity contribution >= 4 is 23.8 Å². The Bertz CT molecular complexity index is 314. The van der Waals surface area contributed by atoms with E-state index >= 15 is 0 Å². The van der Waals surface area contributed by atoms with Gasteiger partial charge in [0.2, 0.25) is 0 Å². The van der Waals surface area contributed by atoms with Gasteiger partial charge in [0.05, 0.1) is 0 Å². The monoisotopic (exact) mass is 290 g/mol. The number of carbonyl (C=O) groups is 2. The van der Waals surface area contributed by atoms with Gasteiger partial charge in [-0.25, -0.2) is 9.59 Å². The lowest BCUT2D eigenvalue weighted by molar-refractivity contribution is -0.146. The van der Waals surface area contributed by atoms with Gasteiger partial charge in [0.1, 0.15) is 0 Å². The molecule has 0 aromatic heterocycles. The van der Waals surface area contributed by atoms with Crippen LogP contribution in [0.15, 0.2) is 0 Å². The van der Waals surface area contributed by atoms with Crippen molar-refractivity contribution in [2.45, 2.75) is 50.0 Å². The van der Waals surface area contributed by atoms with Crippen molar-refractivity contribution in [1.29, 1.82) is 0 Å². The Hall–Kier alpha value is -0.950. The van der Waals surface area contributed by atoms with Crippen LogP contribution in [-0.2, 0) is 4.79 Å². The highest BCUT2D eigenvalue weighted by Gasteiger charge is 2.28. The van der Waals surface area contributed by atoms with Gasteiger partial charge in [-0.1, -0.05) is 13.3 Å². The van der Waals surface area contributed by atoms with Crippen molar-refractivity contribution in [3.05, 3.63) is 0 Å². The molecule has 0 aromatic rings. The highest BCUT2D eigenvalue weighted by molar-refractivity contribution is 7.99. The summed E-state index contributed by atoms with van der Waals surface area (Å²) >= 11 is 1.86. The van der Waals surface area contributed by atoms with E-state index in [9.17, 15) is 9.59 Å². The highest BCUT2D eigenvalue weighted by atomic mass is 32.2. The van der Waals surface area contributed by atoms with Crippen LogP contribution in [0.4, 0.5) is 4.79 Å². The lowest BCUT2D eigenvalue weighted by Gasteiger charge is -2.20. The molecule has 4 N–H and O–H groups in total. The van der Waals surface area contributed by atoms with E-state index < -0.39 is 12.1 Å². The van der Waals surface area contributed by atoms with Gasteiger partial charge in [0.25, 0.3) is 0 Å². The van der Waals surface area contributed by atoms with Gasteiger partial charge in [-0.05, 0) is 18.6 Å². The molecule has 1 fully saturated rings. The second-order valence-electron chi connectivity index (χ2n) is 4.57. The molecule has 0 radical (unpaired) electrons. The van der Waals surface area contributed by atoms with Crippen LogP contribution in [0.25, 0.3) is 0 Å². The fourth-order valence-corrected chi connectivity index (χ4v) is 3.37. The molecule has 0 aliphatic heterocycles. The summed E-state index contributed by atoms with van der Waals surface area (Å²) in [6, 6.07) is -0.0967. The van der Waals surface area contributed by atoms with Crippen molar-refractivity contribution in [3.63, 3.8) is 0 Å². The average molecular weight is 290 g/mol. The number of carboxylic acid groups (broad SMARTS) is 1. The molecule has 19 heavy (non-hydrogen) atoms. The quantitative estimate of drug-likeness (QED) is 0.556. The van der Waals surface area contributed by atoms with E-state index in [-0.39, 0.29) is 25.0 Å². The summed E-state index contributed by atoms with van der Waals surface area (Å²) < 4.78 is 0. The third kappa shape index (κ3) is 5.69. The first-order chi connectivity index (χ1) is 9.04. The Morgan fingerprint density at radius 3 is 2.79 bits per heavy atom. The lowest BCUT2D eigenvalue weighted by atomic mass is 10.2. The van der Waals surface area contributed by atoms with Crippen molar-refractivity contribution in [3.8, 4) is 0 Å². The fraction of sp³-hybridized carbons (Fsp3) is 0.833. The minimum Gasteiger partial charge on any atom is -0.479 e. The van der Waals surface area contributed by atoms with Crippen LogP contribution in [0.5, 0.6) is 0 Å². The maximum absolute atomic E-state index is 11.6. The topological polar surface area (TPSA) is 98.7 Å². The van der Waals surface area contributed by atoms with Gasteiger partial charge < -0.3 is 20.8 Å². The number of hydrogen-bond acceptors (Lipinski definition) is 4. The van der Waals surface area contributed by atoms with E-state index in [0.717, 1.165) is 25.0 Å². The number of carbonyl (C=O) groups excluding carboxylic acids is 1. The van der Waals surface area contributed by atoms with Gasteiger partial charge >= 0.3 is 12.0 Å². The molecule has 0 saturated heterocycles. The van der Waals surface area contributed by atoms with Gasteiger partial charge in [-0.15, -0.1) is 0 Å². The predicted molar refractivity (Wildman–Crippen MR) is 74.4 cm³/mol. The third-order valence-electron chi connectivity index (χ3n) is 3.14. The van der Waals surface area contributed by atoms with Gasteiger partial charge in [0, 0.05) is 24.3 Å². The lowest BCUT2D eigenvalue weighted by Crippen LogP contribution is -2.45. The first-order valence-corrected chi connectivity index (χ1v) is 7.66. The number of rotatable bonds is 7. The van der Waals surface area contributed by atoms with E-state index in [1.54, 1.807) is 0 Å². The van der Waals surface area contributed by atoms with E-state index in [1.165, 1.54) is 0 Å². The molecule has 7 heteroatoms. The fourth-order valence-electron chi connectivity index (χ4n) is 2.17. The third-order valence-corrected chi connectivity index (χ3v) is 4.46. The molecule has 1 saturated carbocycles. The molecule has 0 bridgehead atoms. The molecule has 1 rings (SSSR count). The number of amides is 2. The molecular formula is C12H22N2O4S. The highest BCUT2D eigenvalue weighted by Crippen LogP contribution is 2.29. The van der Waals surface area contributed by atoms with Gasteiger partial charge in [-0.2, -0.15) is 11.8 Å². The van der Waals surface area contributed by atoms with E-state index in [2.05, 4.69) is 17.6 Å². The number of aliphatic hydroxyl groups excluding tert-OH is 1. The zero-order chi connectivity index (χ0) is 14.3. The molecule has 1 aliphatic rings. The van der Waals surface area contributed by atoms with Crippen LogP contribution in [0.1, 0.15) is 32.6 Å². The van der Waals surface area contributed by atoms with Crippen LogP contribution in [0.2, 0.25) is 0 Å². The van der Waals surface area contributed by atoms with Crippen molar-refractivity contribution in [1.82, 2.24) is 10.6 Å². The number of nitrogens with one attached hydrogen (secondary N) is 2. The molecule has 0 spiro atoms. The number of hydrogen-bond donors (Lipinski definition) is 4. The zero-order valence-electron chi connectivity index (χ0n) is 11.1. The SMILES string of the molecule is CCSC1CCCC1NC(=O)NCC[C@H](O)C(=O)O. The van der Waals surface area contributed by atoms with Crippen LogP contribution < -0.4 is 10.6 Å². The summed E-state index contributed by atoms with van der Waals surface area (Å²) in [5.41, 5.74) is 0. The smallest absolute Gasteiger partial charge is 0.332 e. The Morgan fingerprint density at radius 1 is 1.42 bits per heavy atom. The summed E-state index contributed by atoms with van der Waals surface area (Å²) in [6.07, 6.45) is 1.83. The molecule has 1 aliphatic carbocycles. The van der Waals surface area contributed by atoms with Gasteiger partial charge in [0.15, 0.2) is 6.10 Å². The minimum absolute atomic E-state index is 0.0144. The van der Waals surface area contributed by atoms with Crippen LogP contribution in [-0.4, -0.2) is 51.9 Å². The largest absolute Gasteiger partial charge is 0.479 e. The van der Waals surface area contributed by atoms with Crippen LogP contribution in [0, 0.1) is 0 Å². The number of carboxylic acids is 1. The maximum atomic E-state index is 11.6. The van der Waals surface area contributed by atoms with Crippen molar-refractivity contribution < 1.29 is 19.8 Å². The summed E-state index contributed by atoms with van der Waals surface area (Å²) in [6.45, 7) is 2.25. The molecule has 2 amide bonds. The molecule has 2 unspecified atom stereocenters. The Kier molecular flexibility index (Phi) is 7.01. The molecule has 0 heterocycles. The van der Waals surface area contributed by atoms with Crippen LogP contribution >= 0.6 is 11.8 Å². The Balaban J connectivity index is 2.21. The predicted octanol–water partition coefficient (Wildman–Crippen LogP) is 0.795. The van der Waals surface area contributed by atoms with E-state index in [0.29, 0.717) is 5.25 Å². The minimum atomic E-state index is -1.42. The van der Waals surface area contributed by atoms with E-state index in [1.807, 2.05) is 11.8 Å². The second kappa shape index (κ2) is 8.27. The first kappa shape index (κ1) is 16.1. The number of urea groups is 1. The Morgan fingerprint density at radius 2 is 2.16 bits per heavy atom. The van der Waals surface area contributed by atoms with Gasteiger partial charge in [-0.3, -0.25) is 0 Å². The zero-order valence-corrected chi connectivity index (χ0v) is 11.9. The maximum Gasteiger partial charge on any atom is 0.332 e. The van der Waals surface area contributed by atoms with Crippen molar-refractivity contribution in [2.75, 3.05) is 12.3 Å².